The van der Waals surface area contributed by atoms with Gasteiger partial charge in [0.15, 0.2) is 0 Å². The van der Waals surface area contributed by atoms with Crippen LogP contribution in [-0.2, 0) is 0 Å². The number of benzene rings is 1. The van der Waals surface area contributed by atoms with Gasteiger partial charge in [0.2, 0.25) is 11.9 Å². The molecule has 4 N–H and O–H groups in total. The van der Waals surface area contributed by atoms with Gasteiger partial charge in [0.05, 0.1) is 0 Å². The van der Waals surface area contributed by atoms with E-state index in [1.54, 1.807) is 0 Å². The molecule has 0 radical (unpaired) electrons. The summed E-state index contributed by atoms with van der Waals surface area (Å²) in [7, 11) is 4.06. The highest BCUT2D eigenvalue weighted by molar-refractivity contribution is 6.05. The average Bonchev–Trinajstić information content (AvgIpc) is 2.55. The third-order valence-corrected chi connectivity index (χ3v) is 4.73. The van der Waals surface area contributed by atoms with Crippen LogP contribution in [0.15, 0.2) is 34.3 Å². The van der Waals surface area contributed by atoms with E-state index in [9.17, 15) is 0 Å². The van der Waals surface area contributed by atoms with Gasteiger partial charge in [-0.25, -0.2) is 4.99 Å². The lowest BCUT2D eigenvalue weighted by Gasteiger charge is -2.45. The maximum atomic E-state index is 6.26. The molecule has 3 rings (SSSR count). The Morgan fingerprint density at radius 2 is 1.96 bits per heavy atom. The molecule has 1 aromatic carbocycles. The maximum absolute atomic E-state index is 6.26. The summed E-state index contributed by atoms with van der Waals surface area (Å²) < 4.78 is 5.87. The lowest BCUT2D eigenvalue weighted by atomic mass is 9.87. The van der Waals surface area contributed by atoms with E-state index >= 15 is 0 Å². The van der Waals surface area contributed by atoms with E-state index in [1.807, 2.05) is 43.3 Å². The second-order valence-electron chi connectivity index (χ2n) is 6.97. The second kappa shape index (κ2) is 7.31. The SMILES string of the molecule is CN(C)CCOc1cccc(N2C(N)=NC(N)=NC23CCCCC3)c1. The maximum Gasteiger partial charge on any atom is 0.220 e. The molecule has 0 atom stereocenters. The van der Waals surface area contributed by atoms with Crippen molar-refractivity contribution in [2.45, 2.75) is 37.8 Å². The molecule has 1 aromatic rings. The van der Waals surface area contributed by atoms with Crippen molar-refractivity contribution in [3.63, 3.8) is 0 Å². The molecule has 1 heterocycles. The van der Waals surface area contributed by atoms with Crippen LogP contribution in [0.4, 0.5) is 5.69 Å². The van der Waals surface area contributed by atoms with Gasteiger partial charge in [0.25, 0.3) is 0 Å². The Morgan fingerprint density at radius 3 is 2.68 bits per heavy atom. The molecule has 1 saturated carbocycles. The summed E-state index contributed by atoms with van der Waals surface area (Å²) in [5.41, 5.74) is 12.7. The van der Waals surface area contributed by atoms with Crippen molar-refractivity contribution in [3.8, 4) is 5.75 Å². The quantitative estimate of drug-likeness (QED) is 0.849. The number of hydrogen-bond acceptors (Lipinski definition) is 7. The largest absolute Gasteiger partial charge is 0.492 e. The Kier molecular flexibility index (Phi) is 5.13. The van der Waals surface area contributed by atoms with Crippen LogP contribution in [-0.4, -0.2) is 49.7 Å². The van der Waals surface area contributed by atoms with Crippen LogP contribution < -0.4 is 21.1 Å². The van der Waals surface area contributed by atoms with E-state index in [2.05, 4.69) is 9.89 Å². The molecule has 1 fully saturated rings. The van der Waals surface area contributed by atoms with Gasteiger partial charge in [0, 0.05) is 18.3 Å². The predicted octanol–water partition coefficient (Wildman–Crippen LogP) is 1.74. The number of rotatable bonds is 5. The molecule has 7 nitrogen and oxygen atoms in total. The Labute approximate surface area is 149 Å². The topological polar surface area (TPSA) is 92.5 Å². The van der Waals surface area contributed by atoms with Crippen molar-refractivity contribution in [3.05, 3.63) is 24.3 Å². The molecule has 1 spiro atoms. The highest BCUT2D eigenvalue weighted by atomic mass is 16.5. The minimum atomic E-state index is -0.420. The van der Waals surface area contributed by atoms with Crippen LogP contribution in [0.5, 0.6) is 5.75 Å². The van der Waals surface area contributed by atoms with Crippen molar-refractivity contribution < 1.29 is 4.74 Å². The highest BCUT2D eigenvalue weighted by Gasteiger charge is 2.42. The van der Waals surface area contributed by atoms with Crippen LogP contribution in [0.2, 0.25) is 0 Å². The van der Waals surface area contributed by atoms with Crippen molar-refractivity contribution in [1.29, 1.82) is 0 Å². The molecular weight excluding hydrogens is 316 g/mol. The predicted molar refractivity (Wildman–Crippen MR) is 102 cm³/mol. The molecule has 25 heavy (non-hydrogen) atoms. The molecule has 136 valence electrons. The van der Waals surface area contributed by atoms with Gasteiger partial charge in [-0.15, -0.1) is 0 Å². The Balaban J connectivity index is 1.87. The van der Waals surface area contributed by atoms with Gasteiger partial charge in [-0.3, -0.25) is 4.90 Å². The number of aliphatic imine (C=N–C) groups is 2. The summed E-state index contributed by atoms with van der Waals surface area (Å²) in [5, 5.41) is 0. The summed E-state index contributed by atoms with van der Waals surface area (Å²) in [5.74, 6) is 1.49. The van der Waals surface area contributed by atoms with Crippen LogP contribution >= 0.6 is 0 Å². The summed E-state index contributed by atoms with van der Waals surface area (Å²) in [6.07, 6.45) is 5.29. The van der Waals surface area contributed by atoms with Crippen LogP contribution in [0.1, 0.15) is 32.1 Å². The van der Waals surface area contributed by atoms with Crippen molar-refractivity contribution in [1.82, 2.24) is 4.90 Å². The first-order chi connectivity index (χ1) is 12.0. The van der Waals surface area contributed by atoms with Crippen LogP contribution in [0, 0.1) is 0 Å². The number of hydrogen-bond donors (Lipinski definition) is 2. The highest BCUT2D eigenvalue weighted by Crippen LogP contribution is 2.40. The van der Waals surface area contributed by atoms with E-state index in [4.69, 9.17) is 21.2 Å². The fourth-order valence-corrected chi connectivity index (χ4v) is 3.55. The third-order valence-electron chi connectivity index (χ3n) is 4.73. The van der Waals surface area contributed by atoms with Gasteiger partial charge in [-0.05, 0) is 51.9 Å². The first kappa shape index (κ1) is 17.5. The first-order valence-electron chi connectivity index (χ1n) is 8.87. The number of ether oxygens (including phenoxy) is 1. The van der Waals surface area contributed by atoms with E-state index in [0.717, 1.165) is 43.7 Å². The number of likely N-dealkylation sites (N-methyl/N-ethyl adjacent to an activating group) is 1. The summed E-state index contributed by atoms with van der Waals surface area (Å²) in [4.78, 5) is 13.0. The minimum Gasteiger partial charge on any atom is -0.492 e. The number of nitrogens with zero attached hydrogens (tertiary/aromatic N) is 4. The van der Waals surface area contributed by atoms with E-state index in [1.165, 1.54) is 6.42 Å². The van der Waals surface area contributed by atoms with Gasteiger partial charge in [0.1, 0.15) is 18.0 Å². The smallest absolute Gasteiger partial charge is 0.220 e. The molecule has 1 aliphatic heterocycles. The zero-order valence-corrected chi connectivity index (χ0v) is 15.1. The number of nitrogens with two attached hydrogens (primary N) is 2. The first-order valence-corrected chi connectivity index (χ1v) is 8.87. The lowest BCUT2D eigenvalue weighted by Crippen LogP contribution is -2.58. The molecule has 0 amide bonds. The zero-order chi connectivity index (χ0) is 17.9. The Hall–Kier alpha value is -2.28. The summed E-state index contributed by atoms with van der Waals surface area (Å²) >= 11 is 0. The fourth-order valence-electron chi connectivity index (χ4n) is 3.55. The van der Waals surface area contributed by atoms with Gasteiger partial charge in [-0.2, -0.15) is 4.99 Å². The average molecular weight is 344 g/mol. The van der Waals surface area contributed by atoms with Crippen LogP contribution in [0.25, 0.3) is 0 Å². The van der Waals surface area contributed by atoms with E-state index in [-0.39, 0.29) is 5.96 Å². The monoisotopic (exact) mass is 344 g/mol. The Morgan fingerprint density at radius 1 is 1.20 bits per heavy atom. The second-order valence-corrected chi connectivity index (χ2v) is 6.97. The molecule has 0 aromatic heterocycles. The molecule has 2 aliphatic rings. The molecular formula is C18H28N6O. The fraction of sp³-hybridized carbons (Fsp3) is 0.556. The molecule has 1 aliphatic carbocycles. The van der Waals surface area contributed by atoms with Crippen molar-refractivity contribution in [2.75, 3.05) is 32.1 Å². The summed E-state index contributed by atoms with van der Waals surface area (Å²) in [6.45, 7) is 1.50. The van der Waals surface area contributed by atoms with Crippen LogP contribution in [0.3, 0.4) is 0 Å². The van der Waals surface area contributed by atoms with Gasteiger partial charge < -0.3 is 21.1 Å². The Bertz CT molecular complexity index is 663. The van der Waals surface area contributed by atoms with Crippen molar-refractivity contribution in [2.24, 2.45) is 21.5 Å². The minimum absolute atomic E-state index is 0.272. The number of anilines is 1. The van der Waals surface area contributed by atoms with Gasteiger partial charge >= 0.3 is 0 Å². The standard InChI is InChI=1S/C18H28N6O/c1-23(2)11-12-25-15-8-6-7-14(13-15)24-17(20)21-16(19)22-18(24)9-4-3-5-10-18/h6-8,13H,3-5,9-12H2,1-2H3,(H4,19,20,21,22). The molecule has 0 bridgehead atoms. The lowest BCUT2D eigenvalue weighted by molar-refractivity contribution is 0.261. The third kappa shape index (κ3) is 3.87. The van der Waals surface area contributed by atoms with Gasteiger partial charge in [-0.1, -0.05) is 12.5 Å². The van der Waals surface area contributed by atoms with Crippen molar-refractivity contribution >= 4 is 17.6 Å². The molecule has 0 unspecified atom stereocenters. The number of guanidine groups is 2. The molecule has 7 heteroatoms. The normalized spacial score (nSPS) is 19.7. The van der Waals surface area contributed by atoms with E-state index in [0.29, 0.717) is 12.6 Å². The summed E-state index contributed by atoms with van der Waals surface area (Å²) in [6, 6.07) is 7.97. The molecule has 0 saturated heterocycles. The zero-order valence-electron chi connectivity index (χ0n) is 15.1. The van der Waals surface area contributed by atoms with E-state index < -0.39 is 5.66 Å².